The minimum atomic E-state index is -4.94. The predicted molar refractivity (Wildman–Crippen MR) is 331 cm³/mol. The van der Waals surface area contributed by atoms with Gasteiger partial charge in [-0.05, 0) is 31.6 Å². The van der Waals surface area contributed by atoms with Crippen molar-refractivity contribution < 1.29 is 80.2 Å². The molecule has 3 N–H and O–H groups in total. The van der Waals surface area contributed by atoms with Gasteiger partial charge in [0.15, 0.2) is 12.2 Å². The van der Waals surface area contributed by atoms with Gasteiger partial charge in [-0.2, -0.15) is 0 Å². The Morgan fingerprint density at radius 1 is 0.325 bits per heavy atom. The van der Waals surface area contributed by atoms with Gasteiger partial charge in [-0.1, -0.05) is 272 Å². The lowest BCUT2D eigenvalue weighted by Gasteiger charge is -2.21. The van der Waals surface area contributed by atoms with Crippen molar-refractivity contribution in [2.24, 2.45) is 5.92 Å². The summed E-state index contributed by atoms with van der Waals surface area (Å²) in [7, 11) is -9.88. The maximum absolute atomic E-state index is 13.0. The van der Waals surface area contributed by atoms with Crippen molar-refractivity contribution in [3.63, 3.8) is 0 Å². The van der Waals surface area contributed by atoms with Crippen LogP contribution in [0.1, 0.15) is 324 Å². The fourth-order valence-corrected chi connectivity index (χ4v) is 11.2. The molecule has 0 heterocycles. The number of hydrogen-bond donors (Lipinski definition) is 3. The van der Waals surface area contributed by atoms with Gasteiger partial charge in [-0.15, -0.1) is 0 Å². The third-order valence-corrected chi connectivity index (χ3v) is 16.7. The first-order valence-electron chi connectivity index (χ1n) is 33.6. The zero-order chi connectivity index (χ0) is 61.3. The van der Waals surface area contributed by atoms with Gasteiger partial charge in [0.2, 0.25) is 0 Å². The Labute approximate surface area is 505 Å². The Morgan fingerprint density at radius 2 is 0.554 bits per heavy atom. The summed E-state index contributed by atoms with van der Waals surface area (Å²) in [6.07, 6.45) is 41.9. The van der Waals surface area contributed by atoms with Crippen molar-refractivity contribution in [3.05, 3.63) is 0 Å². The number of aliphatic hydroxyl groups excluding tert-OH is 1. The van der Waals surface area contributed by atoms with Crippen molar-refractivity contribution in [1.29, 1.82) is 0 Å². The normalized spacial score (nSPS) is 14.2. The highest BCUT2D eigenvalue weighted by Crippen LogP contribution is 2.45. The lowest BCUT2D eigenvalue weighted by molar-refractivity contribution is -0.161. The van der Waals surface area contributed by atoms with E-state index in [1.54, 1.807) is 0 Å². The number of rotatable bonds is 64. The summed E-state index contributed by atoms with van der Waals surface area (Å²) in [6.45, 7) is 7.11. The summed E-state index contributed by atoms with van der Waals surface area (Å²) in [6, 6.07) is 0. The molecule has 5 atom stereocenters. The smallest absolute Gasteiger partial charge is 0.462 e. The Morgan fingerprint density at radius 3 is 0.819 bits per heavy atom. The Hall–Kier alpha value is -1.94. The summed E-state index contributed by atoms with van der Waals surface area (Å²) in [4.78, 5) is 72.0. The van der Waals surface area contributed by atoms with Crippen molar-refractivity contribution in [1.82, 2.24) is 0 Å². The standard InChI is InChI=1S/C64H124O17P2/c1-6-9-12-15-17-19-21-22-23-25-31-35-40-45-50-64(69)81-60(54-75-62(67)48-43-38-33-29-27-26-28-32-37-41-46-57(4)5)56-79-83(72,73)77-52-58(65)51-76-82(70,71)78-55-59(53-74-61(66)47-42-36-14-11-8-3)80-63(68)49-44-39-34-30-24-20-18-16-13-10-7-2/h57-60,65H,6-56H2,1-5H3,(H,70,71)(H,72,73)/t58-,59+,60+/m0/s1. The van der Waals surface area contributed by atoms with Crippen LogP contribution in [0.25, 0.3) is 0 Å². The molecule has 0 fully saturated rings. The second-order valence-electron chi connectivity index (χ2n) is 23.6. The molecule has 2 unspecified atom stereocenters. The molecule has 0 aromatic heterocycles. The lowest BCUT2D eigenvalue weighted by atomic mass is 10.0. The first-order valence-corrected chi connectivity index (χ1v) is 36.6. The summed E-state index contributed by atoms with van der Waals surface area (Å²) >= 11 is 0. The van der Waals surface area contributed by atoms with Crippen LogP contribution in [0.2, 0.25) is 0 Å². The minimum absolute atomic E-state index is 0.106. The predicted octanol–water partition coefficient (Wildman–Crippen LogP) is 17.8. The molecule has 0 aliphatic rings. The molecule has 0 aromatic rings. The third-order valence-electron chi connectivity index (χ3n) is 14.8. The Balaban J connectivity index is 5.18. The molecule has 0 aliphatic carbocycles. The van der Waals surface area contributed by atoms with Crippen molar-refractivity contribution in [2.75, 3.05) is 39.6 Å². The van der Waals surface area contributed by atoms with Crippen molar-refractivity contribution >= 4 is 39.5 Å². The number of phosphoric acid groups is 2. The molecular weight excluding hydrogens is 1100 g/mol. The molecule has 0 radical (unpaired) electrons. The summed E-state index contributed by atoms with van der Waals surface area (Å²) in [5.74, 6) is -1.38. The SMILES string of the molecule is CCCCCCCCCCCCCCCCC(=O)O[C@H](COC(=O)CCCCCCCCCCCCC(C)C)COP(=O)(O)OC[C@@H](O)COP(=O)(O)OC[C@@H](COC(=O)CCCCCCC)OC(=O)CCCCCCCCCCCCC. The van der Waals surface area contributed by atoms with E-state index in [0.29, 0.717) is 25.7 Å². The van der Waals surface area contributed by atoms with E-state index >= 15 is 0 Å². The number of carbonyl (C=O) groups is 4. The number of hydrogen-bond acceptors (Lipinski definition) is 15. The molecular formula is C64H124O17P2. The quantitative estimate of drug-likeness (QED) is 0.0222. The molecule has 0 amide bonds. The van der Waals surface area contributed by atoms with Crippen molar-refractivity contribution in [3.8, 4) is 0 Å². The molecule has 17 nitrogen and oxygen atoms in total. The fourth-order valence-electron chi connectivity index (χ4n) is 9.58. The van der Waals surface area contributed by atoms with Crippen LogP contribution < -0.4 is 0 Å². The molecule has 0 bridgehead atoms. The first kappa shape index (κ1) is 81.1. The Kier molecular flexibility index (Phi) is 56.4. The van der Waals surface area contributed by atoms with Gasteiger partial charge in [0, 0.05) is 25.7 Å². The highest BCUT2D eigenvalue weighted by Gasteiger charge is 2.30. The number of carbonyl (C=O) groups excluding carboxylic acids is 4. The summed E-state index contributed by atoms with van der Waals surface area (Å²) in [5.41, 5.74) is 0. The topological polar surface area (TPSA) is 237 Å². The number of ether oxygens (including phenoxy) is 4. The summed E-state index contributed by atoms with van der Waals surface area (Å²) < 4.78 is 67.8. The molecule has 0 spiro atoms. The minimum Gasteiger partial charge on any atom is -0.462 e. The molecule has 0 saturated carbocycles. The molecule has 492 valence electrons. The first-order chi connectivity index (χ1) is 40.0. The van der Waals surface area contributed by atoms with Crippen LogP contribution in [-0.4, -0.2) is 96.7 Å². The van der Waals surface area contributed by atoms with Crippen LogP contribution in [0, 0.1) is 5.92 Å². The maximum atomic E-state index is 13.0. The van der Waals surface area contributed by atoms with Gasteiger partial charge in [0.1, 0.15) is 19.3 Å². The van der Waals surface area contributed by atoms with Gasteiger partial charge in [-0.3, -0.25) is 37.3 Å². The van der Waals surface area contributed by atoms with Gasteiger partial charge in [0.25, 0.3) is 0 Å². The van der Waals surface area contributed by atoms with Crippen LogP contribution in [0.15, 0.2) is 0 Å². The van der Waals surface area contributed by atoms with E-state index in [0.717, 1.165) is 102 Å². The number of unbranched alkanes of at least 4 members (excludes halogenated alkanes) is 36. The highest BCUT2D eigenvalue weighted by atomic mass is 31.2. The van der Waals surface area contributed by atoms with E-state index in [1.165, 1.54) is 141 Å². The van der Waals surface area contributed by atoms with E-state index in [-0.39, 0.29) is 25.7 Å². The van der Waals surface area contributed by atoms with E-state index in [9.17, 15) is 43.2 Å². The fraction of sp³-hybridized carbons (Fsp3) is 0.938. The molecule has 19 heteroatoms. The molecule has 0 saturated heterocycles. The van der Waals surface area contributed by atoms with E-state index in [2.05, 4.69) is 34.6 Å². The molecule has 0 aliphatic heterocycles. The average Bonchev–Trinajstić information content (AvgIpc) is 3.45. The van der Waals surface area contributed by atoms with Crippen LogP contribution in [-0.2, 0) is 65.4 Å². The maximum Gasteiger partial charge on any atom is 0.472 e. The number of esters is 4. The monoisotopic (exact) mass is 1230 g/mol. The van der Waals surface area contributed by atoms with Gasteiger partial charge < -0.3 is 33.8 Å². The van der Waals surface area contributed by atoms with Gasteiger partial charge in [-0.25, -0.2) is 9.13 Å². The Bertz CT molecular complexity index is 1620. The van der Waals surface area contributed by atoms with E-state index in [4.69, 9.17) is 37.0 Å². The van der Waals surface area contributed by atoms with Gasteiger partial charge >= 0.3 is 39.5 Å². The highest BCUT2D eigenvalue weighted by molar-refractivity contribution is 7.47. The number of aliphatic hydroxyl groups is 1. The van der Waals surface area contributed by atoms with Crippen LogP contribution in [0.5, 0.6) is 0 Å². The molecule has 0 rings (SSSR count). The van der Waals surface area contributed by atoms with Crippen LogP contribution in [0.4, 0.5) is 0 Å². The largest absolute Gasteiger partial charge is 0.472 e. The van der Waals surface area contributed by atoms with E-state index in [1.807, 2.05) is 0 Å². The molecule has 0 aromatic carbocycles. The van der Waals surface area contributed by atoms with Crippen molar-refractivity contribution in [2.45, 2.75) is 342 Å². The second kappa shape index (κ2) is 57.8. The van der Waals surface area contributed by atoms with Crippen LogP contribution in [0.3, 0.4) is 0 Å². The lowest BCUT2D eigenvalue weighted by Crippen LogP contribution is -2.30. The zero-order valence-electron chi connectivity index (χ0n) is 53.3. The molecule has 83 heavy (non-hydrogen) atoms. The van der Waals surface area contributed by atoms with Gasteiger partial charge in [0.05, 0.1) is 26.4 Å². The number of phosphoric ester groups is 2. The third kappa shape index (κ3) is 58.8. The van der Waals surface area contributed by atoms with Crippen LogP contribution >= 0.6 is 15.6 Å². The van der Waals surface area contributed by atoms with E-state index < -0.39 is 97.5 Å². The average molecular weight is 1230 g/mol. The second-order valence-corrected chi connectivity index (χ2v) is 26.5. The zero-order valence-corrected chi connectivity index (χ0v) is 55.1. The summed E-state index contributed by atoms with van der Waals surface area (Å²) in [5, 5.41) is 10.5.